The van der Waals surface area contributed by atoms with Gasteiger partial charge >= 0.3 is 0 Å². The molecule has 21 heavy (non-hydrogen) atoms. The second-order valence-electron chi connectivity index (χ2n) is 4.58. The van der Waals surface area contributed by atoms with E-state index in [1.165, 1.54) is 24.1 Å². The van der Waals surface area contributed by atoms with Gasteiger partial charge in [-0.2, -0.15) is 4.31 Å². The minimum Gasteiger partial charge on any atom is -0.348 e. The third-order valence-electron chi connectivity index (χ3n) is 2.75. The molecule has 0 aliphatic carbocycles. The normalized spacial score (nSPS) is 10.9. The molecule has 7 heteroatoms. The Balaban J connectivity index is 2.94. The lowest BCUT2D eigenvalue weighted by Gasteiger charge is -2.19. The maximum atomic E-state index is 12.3. The van der Waals surface area contributed by atoms with Gasteiger partial charge in [0.25, 0.3) is 0 Å². The van der Waals surface area contributed by atoms with Crippen molar-refractivity contribution in [1.82, 2.24) is 9.21 Å². The van der Waals surface area contributed by atoms with E-state index >= 15 is 0 Å². The quantitative estimate of drug-likeness (QED) is 0.774. The summed E-state index contributed by atoms with van der Waals surface area (Å²) in [5.41, 5.74) is 5.96. The molecule has 0 saturated heterocycles. The van der Waals surface area contributed by atoms with Gasteiger partial charge in [0.15, 0.2) is 0 Å². The molecule has 0 fully saturated rings. The molecule has 1 aromatic carbocycles. The van der Waals surface area contributed by atoms with E-state index in [-0.39, 0.29) is 23.9 Å². The lowest BCUT2D eigenvalue weighted by atomic mass is 10.2. The SMILES string of the molecule is CN(C)C(=O)CN(C)S(=O)(=O)c1ccc(C#CCN)cc1. The summed E-state index contributed by atoms with van der Waals surface area (Å²) in [5.74, 6) is 5.22. The standard InChI is InChI=1S/C14H19N3O3S/c1-16(2)14(18)11-17(3)21(19,20)13-8-6-12(7-9-13)5-4-10-15/h6-9H,10-11,15H2,1-3H3. The zero-order valence-corrected chi connectivity index (χ0v) is 13.1. The largest absolute Gasteiger partial charge is 0.348 e. The van der Waals surface area contributed by atoms with E-state index in [2.05, 4.69) is 11.8 Å². The number of hydrogen-bond acceptors (Lipinski definition) is 4. The van der Waals surface area contributed by atoms with Gasteiger partial charge in [-0.3, -0.25) is 4.79 Å². The summed E-state index contributed by atoms with van der Waals surface area (Å²) in [7, 11) is 0.836. The summed E-state index contributed by atoms with van der Waals surface area (Å²) >= 11 is 0. The number of likely N-dealkylation sites (N-methyl/N-ethyl adjacent to an activating group) is 2. The Morgan fingerprint density at radius 2 is 1.76 bits per heavy atom. The van der Waals surface area contributed by atoms with Gasteiger partial charge < -0.3 is 10.6 Å². The van der Waals surface area contributed by atoms with Crippen LogP contribution in [0.1, 0.15) is 5.56 Å². The summed E-state index contributed by atoms with van der Waals surface area (Å²) in [4.78, 5) is 13.1. The number of hydrogen-bond donors (Lipinski definition) is 1. The molecule has 0 unspecified atom stereocenters. The minimum atomic E-state index is -3.69. The molecule has 114 valence electrons. The van der Waals surface area contributed by atoms with Gasteiger partial charge in [0.1, 0.15) is 0 Å². The molecule has 1 aromatic rings. The monoisotopic (exact) mass is 309 g/mol. The van der Waals surface area contributed by atoms with Crippen molar-refractivity contribution in [2.24, 2.45) is 5.73 Å². The third kappa shape index (κ3) is 4.56. The van der Waals surface area contributed by atoms with Crippen molar-refractivity contribution in [3.8, 4) is 11.8 Å². The van der Waals surface area contributed by atoms with Gasteiger partial charge in [-0.25, -0.2) is 8.42 Å². The van der Waals surface area contributed by atoms with E-state index in [0.29, 0.717) is 5.56 Å². The molecule has 0 aliphatic heterocycles. The molecular formula is C14H19N3O3S. The molecule has 0 bridgehead atoms. The van der Waals surface area contributed by atoms with E-state index in [1.807, 2.05) is 0 Å². The van der Waals surface area contributed by atoms with Crippen LogP contribution in [0.15, 0.2) is 29.2 Å². The van der Waals surface area contributed by atoms with E-state index < -0.39 is 10.0 Å². The zero-order valence-electron chi connectivity index (χ0n) is 12.3. The minimum absolute atomic E-state index is 0.120. The van der Waals surface area contributed by atoms with Crippen LogP contribution >= 0.6 is 0 Å². The summed E-state index contributed by atoms with van der Waals surface area (Å²) in [5, 5.41) is 0. The number of rotatable bonds is 4. The van der Waals surface area contributed by atoms with Crippen LogP contribution < -0.4 is 5.73 Å². The molecule has 0 spiro atoms. The highest BCUT2D eigenvalue weighted by atomic mass is 32.2. The Bertz CT molecular complexity index is 655. The maximum absolute atomic E-state index is 12.3. The lowest BCUT2D eigenvalue weighted by Crippen LogP contribution is -2.37. The third-order valence-corrected chi connectivity index (χ3v) is 4.57. The first-order valence-electron chi connectivity index (χ1n) is 6.24. The van der Waals surface area contributed by atoms with Crippen molar-refractivity contribution in [1.29, 1.82) is 0 Å². The van der Waals surface area contributed by atoms with Crippen molar-refractivity contribution in [3.63, 3.8) is 0 Å². The van der Waals surface area contributed by atoms with Crippen LogP contribution in [0.5, 0.6) is 0 Å². The van der Waals surface area contributed by atoms with E-state index in [4.69, 9.17) is 5.73 Å². The average Bonchev–Trinajstić information content (AvgIpc) is 2.45. The zero-order chi connectivity index (χ0) is 16.0. The van der Waals surface area contributed by atoms with Crippen LogP contribution in [0.4, 0.5) is 0 Å². The number of benzene rings is 1. The van der Waals surface area contributed by atoms with Crippen molar-refractivity contribution >= 4 is 15.9 Å². The first kappa shape index (κ1) is 17.2. The molecule has 1 rings (SSSR count). The molecule has 0 atom stereocenters. The summed E-state index contributed by atoms with van der Waals surface area (Å²) in [6.07, 6.45) is 0. The fourth-order valence-corrected chi connectivity index (χ4v) is 2.58. The predicted octanol–water partition coefficient (Wildman–Crippen LogP) is -0.294. The topological polar surface area (TPSA) is 83.7 Å². The molecular weight excluding hydrogens is 290 g/mol. The van der Waals surface area contributed by atoms with Gasteiger partial charge in [0.2, 0.25) is 15.9 Å². The van der Waals surface area contributed by atoms with Crippen LogP contribution in [0.3, 0.4) is 0 Å². The Morgan fingerprint density at radius 3 is 2.24 bits per heavy atom. The van der Waals surface area contributed by atoms with Crippen molar-refractivity contribution < 1.29 is 13.2 Å². The second kappa shape index (κ2) is 7.22. The molecule has 0 aliphatic rings. The Hall–Kier alpha value is -1.88. The summed E-state index contributed by atoms with van der Waals surface area (Å²) in [6, 6.07) is 6.15. The van der Waals surface area contributed by atoms with E-state index in [0.717, 1.165) is 4.31 Å². The van der Waals surface area contributed by atoms with Gasteiger partial charge in [-0.05, 0) is 24.3 Å². The smallest absolute Gasteiger partial charge is 0.243 e. The second-order valence-corrected chi connectivity index (χ2v) is 6.62. The van der Waals surface area contributed by atoms with Gasteiger partial charge in [-0.1, -0.05) is 11.8 Å². The van der Waals surface area contributed by atoms with Crippen LogP contribution in [0.25, 0.3) is 0 Å². The number of carbonyl (C=O) groups excluding carboxylic acids is 1. The van der Waals surface area contributed by atoms with Crippen LogP contribution in [0.2, 0.25) is 0 Å². The molecule has 0 aromatic heterocycles. The molecule has 6 nitrogen and oxygen atoms in total. The average molecular weight is 309 g/mol. The molecule has 0 radical (unpaired) electrons. The first-order valence-corrected chi connectivity index (χ1v) is 7.68. The van der Waals surface area contributed by atoms with Crippen molar-refractivity contribution in [2.45, 2.75) is 4.90 Å². The molecule has 1 amide bonds. The van der Waals surface area contributed by atoms with Crippen LogP contribution in [-0.2, 0) is 14.8 Å². The Morgan fingerprint density at radius 1 is 1.19 bits per heavy atom. The van der Waals surface area contributed by atoms with Crippen molar-refractivity contribution in [3.05, 3.63) is 29.8 Å². The predicted molar refractivity (Wildman–Crippen MR) is 80.9 cm³/mol. The van der Waals surface area contributed by atoms with E-state index in [9.17, 15) is 13.2 Å². The molecule has 0 saturated carbocycles. The van der Waals surface area contributed by atoms with Gasteiger partial charge in [-0.15, -0.1) is 0 Å². The maximum Gasteiger partial charge on any atom is 0.243 e. The van der Waals surface area contributed by atoms with Crippen molar-refractivity contribution in [2.75, 3.05) is 34.2 Å². The number of nitrogens with two attached hydrogens (primary N) is 1. The fourth-order valence-electron chi connectivity index (χ4n) is 1.46. The summed E-state index contributed by atoms with van der Waals surface area (Å²) < 4.78 is 25.7. The number of carbonyl (C=O) groups is 1. The number of amides is 1. The number of nitrogens with zero attached hydrogens (tertiary/aromatic N) is 2. The fraction of sp³-hybridized carbons (Fsp3) is 0.357. The first-order chi connectivity index (χ1) is 9.78. The molecule has 2 N–H and O–H groups in total. The van der Waals surface area contributed by atoms with Gasteiger partial charge in [0.05, 0.1) is 18.0 Å². The highest BCUT2D eigenvalue weighted by molar-refractivity contribution is 7.89. The Labute approximate surface area is 125 Å². The van der Waals surface area contributed by atoms with Crippen LogP contribution in [0, 0.1) is 11.8 Å². The summed E-state index contributed by atoms with van der Waals surface area (Å²) in [6.45, 7) is 0.0412. The highest BCUT2D eigenvalue weighted by Gasteiger charge is 2.23. The van der Waals surface area contributed by atoms with Crippen LogP contribution in [-0.4, -0.2) is 57.8 Å². The van der Waals surface area contributed by atoms with Gasteiger partial charge in [0, 0.05) is 26.7 Å². The Kier molecular flexibility index (Phi) is 5.90. The van der Waals surface area contributed by atoms with E-state index in [1.54, 1.807) is 26.2 Å². The lowest BCUT2D eigenvalue weighted by molar-refractivity contribution is -0.128. The molecule has 0 heterocycles. The highest BCUT2D eigenvalue weighted by Crippen LogP contribution is 2.14. The number of sulfonamides is 1.